The summed E-state index contributed by atoms with van der Waals surface area (Å²) in [5, 5.41) is 4.63. The lowest BCUT2D eigenvalue weighted by atomic mass is 9.87. The van der Waals surface area contributed by atoms with Gasteiger partial charge in [0.25, 0.3) is 0 Å². The van der Waals surface area contributed by atoms with Crippen LogP contribution in [0.4, 0.5) is 10.5 Å². The van der Waals surface area contributed by atoms with Crippen molar-refractivity contribution in [2.24, 2.45) is 0 Å². The fourth-order valence-electron chi connectivity index (χ4n) is 2.28. The molecule has 0 aromatic heterocycles. The van der Waals surface area contributed by atoms with Gasteiger partial charge in [0.1, 0.15) is 0 Å². The first-order valence-electron chi connectivity index (χ1n) is 7.39. The van der Waals surface area contributed by atoms with Crippen LogP contribution in [0.1, 0.15) is 45.6 Å². The number of carbonyl (C=O) groups is 1. The highest BCUT2D eigenvalue weighted by atomic mass is 16.2. The number of benzene rings is 1. The van der Waals surface area contributed by atoms with Crippen LogP contribution in [0.3, 0.4) is 0 Å². The fourth-order valence-corrected chi connectivity index (χ4v) is 2.28. The van der Waals surface area contributed by atoms with Gasteiger partial charge >= 0.3 is 6.03 Å². The summed E-state index contributed by atoms with van der Waals surface area (Å²) >= 11 is 0. The van der Waals surface area contributed by atoms with Gasteiger partial charge < -0.3 is 5.32 Å². The molecule has 2 N–H and O–H groups in total. The Morgan fingerprint density at radius 3 is 2.50 bits per heavy atom. The van der Waals surface area contributed by atoms with Gasteiger partial charge in [0, 0.05) is 18.8 Å². The molecule has 0 aliphatic carbocycles. The van der Waals surface area contributed by atoms with Crippen molar-refractivity contribution in [1.82, 2.24) is 10.4 Å². The topological polar surface area (TPSA) is 44.4 Å². The number of hydrogen-bond donors (Lipinski definition) is 2. The van der Waals surface area contributed by atoms with Gasteiger partial charge in [-0.15, -0.1) is 0 Å². The minimum atomic E-state index is -0.0737. The molecule has 0 bridgehead atoms. The second-order valence-electron chi connectivity index (χ2n) is 6.38. The summed E-state index contributed by atoms with van der Waals surface area (Å²) in [6.07, 6.45) is 3.37. The highest BCUT2D eigenvalue weighted by Crippen LogP contribution is 2.23. The second kappa shape index (κ2) is 6.27. The smallest absolute Gasteiger partial charge is 0.307 e. The number of carbonyl (C=O) groups excluding carboxylic acids is 1. The van der Waals surface area contributed by atoms with Gasteiger partial charge in [0.05, 0.1) is 0 Å². The van der Waals surface area contributed by atoms with Crippen LogP contribution < -0.4 is 10.7 Å². The molecule has 4 nitrogen and oxygen atoms in total. The molecule has 1 heterocycles. The molecule has 1 aliphatic heterocycles. The molecule has 110 valence electrons. The van der Waals surface area contributed by atoms with E-state index in [1.54, 1.807) is 5.01 Å². The third-order valence-electron chi connectivity index (χ3n) is 3.61. The van der Waals surface area contributed by atoms with E-state index in [9.17, 15) is 4.79 Å². The normalized spacial score (nSPS) is 16.6. The summed E-state index contributed by atoms with van der Waals surface area (Å²) in [6.45, 7) is 8.19. The van der Waals surface area contributed by atoms with E-state index in [0.717, 1.165) is 31.6 Å². The molecule has 0 spiro atoms. The summed E-state index contributed by atoms with van der Waals surface area (Å²) in [4.78, 5) is 12.2. The number of rotatable bonds is 1. The van der Waals surface area contributed by atoms with Crippen LogP contribution in [0.25, 0.3) is 0 Å². The van der Waals surface area contributed by atoms with Crippen molar-refractivity contribution in [2.75, 3.05) is 18.4 Å². The van der Waals surface area contributed by atoms with E-state index in [1.165, 1.54) is 12.0 Å². The average Bonchev–Trinajstić information content (AvgIpc) is 2.67. The van der Waals surface area contributed by atoms with E-state index >= 15 is 0 Å². The van der Waals surface area contributed by atoms with E-state index in [2.05, 4.69) is 43.6 Å². The molecule has 2 amide bonds. The first kappa shape index (κ1) is 14.9. The van der Waals surface area contributed by atoms with Crippen molar-refractivity contribution < 1.29 is 4.79 Å². The Labute approximate surface area is 121 Å². The Morgan fingerprint density at radius 1 is 1.15 bits per heavy atom. The Hall–Kier alpha value is -1.55. The Kier molecular flexibility index (Phi) is 4.65. The van der Waals surface area contributed by atoms with Gasteiger partial charge in [-0.3, -0.25) is 5.01 Å². The summed E-state index contributed by atoms with van der Waals surface area (Å²) in [5.41, 5.74) is 5.40. The number of hydrazine groups is 1. The molecule has 1 saturated heterocycles. The van der Waals surface area contributed by atoms with E-state index < -0.39 is 0 Å². The zero-order valence-electron chi connectivity index (χ0n) is 12.7. The number of anilines is 1. The minimum absolute atomic E-state index is 0.0737. The number of urea groups is 1. The second-order valence-corrected chi connectivity index (χ2v) is 6.38. The lowest BCUT2D eigenvalue weighted by Crippen LogP contribution is -2.44. The van der Waals surface area contributed by atoms with Crippen molar-refractivity contribution in [2.45, 2.75) is 45.4 Å². The van der Waals surface area contributed by atoms with Crippen LogP contribution in [0.5, 0.6) is 0 Å². The van der Waals surface area contributed by atoms with Gasteiger partial charge in [-0.05, 0) is 36.0 Å². The molecule has 0 radical (unpaired) electrons. The predicted molar refractivity (Wildman–Crippen MR) is 82.7 cm³/mol. The van der Waals surface area contributed by atoms with Crippen LogP contribution in [0.15, 0.2) is 24.3 Å². The fraction of sp³-hybridized carbons (Fsp3) is 0.562. The van der Waals surface area contributed by atoms with E-state index in [4.69, 9.17) is 0 Å². The van der Waals surface area contributed by atoms with Gasteiger partial charge in [-0.1, -0.05) is 39.3 Å². The summed E-state index contributed by atoms with van der Waals surface area (Å²) in [6, 6.07) is 8.01. The van der Waals surface area contributed by atoms with E-state index in [1.807, 2.05) is 12.1 Å². The molecule has 1 aliphatic rings. The molecule has 0 saturated carbocycles. The third-order valence-corrected chi connectivity index (χ3v) is 3.61. The maximum absolute atomic E-state index is 12.2. The van der Waals surface area contributed by atoms with Crippen molar-refractivity contribution in [3.8, 4) is 0 Å². The molecule has 0 unspecified atom stereocenters. The Morgan fingerprint density at radius 2 is 1.85 bits per heavy atom. The van der Waals surface area contributed by atoms with Crippen LogP contribution in [0, 0.1) is 0 Å². The number of nitrogens with zero attached hydrogens (tertiary/aromatic N) is 1. The molecule has 20 heavy (non-hydrogen) atoms. The number of nitrogens with one attached hydrogen (secondary N) is 2. The summed E-state index contributed by atoms with van der Waals surface area (Å²) in [5.74, 6) is 0. The minimum Gasteiger partial charge on any atom is -0.307 e. The Balaban J connectivity index is 1.97. The maximum atomic E-state index is 12.2. The van der Waals surface area contributed by atoms with Crippen molar-refractivity contribution in [3.05, 3.63) is 29.8 Å². The van der Waals surface area contributed by atoms with Gasteiger partial charge in [0.15, 0.2) is 0 Å². The van der Waals surface area contributed by atoms with Crippen LogP contribution in [0.2, 0.25) is 0 Å². The maximum Gasteiger partial charge on any atom is 0.336 e. The van der Waals surface area contributed by atoms with Crippen LogP contribution >= 0.6 is 0 Å². The lowest BCUT2D eigenvalue weighted by molar-refractivity contribution is 0.189. The standard InChI is InChI=1S/C16H25N3O/c1-16(2,3)13-7-9-14(10-8-13)18-15(20)19-12-6-4-5-11-17-19/h7-10,17H,4-6,11-12H2,1-3H3,(H,18,20). The average molecular weight is 275 g/mol. The molecule has 2 rings (SSSR count). The third kappa shape index (κ3) is 3.97. The van der Waals surface area contributed by atoms with Crippen LogP contribution in [-0.4, -0.2) is 24.1 Å². The first-order valence-corrected chi connectivity index (χ1v) is 7.39. The first-order chi connectivity index (χ1) is 9.47. The monoisotopic (exact) mass is 275 g/mol. The van der Waals surface area contributed by atoms with E-state index in [0.29, 0.717) is 0 Å². The highest BCUT2D eigenvalue weighted by molar-refractivity contribution is 5.89. The highest BCUT2D eigenvalue weighted by Gasteiger charge is 2.16. The van der Waals surface area contributed by atoms with Gasteiger partial charge in [-0.25, -0.2) is 10.2 Å². The van der Waals surface area contributed by atoms with E-state index in [-0.39, 0.29) is 11.4 Å². The lowest BCUT2D eigenvalue weighted by Gasteiger charge is -2.22. The summed E-state index contributed by atoms with van der Waals surface area (Å²) in [7, 11) is 0. The van der Waals surface area contributed by atoms with Crippen LogP contribution in [-0.2, 0) is 5.41 Å². The molecular weight excluding hydrogens is 250 g/mol. The largest absolute Gasteiger partial charge is 0.336 e. The quantitative estimate of drug-likeness (QED) is 0.824. The summed E-state index contributed by atoms with van der Waals surface area (Å²) < 4.78 is 0. The SMILES string of the molecule is CC(C)(C)c1ccc(NC(=O)N2CCCCCN2)cc1. The molecule has 1 aromatic rings. The predicted octanol–water partition coefficient (Wildman–Crippen LogP) is 3.51. The molecule has 1 fully saturated rings. The number of amides is 2. The molecular formula is C16H25N3O. The van der Waals surface area contributed by atoms with Gasteiger partial charge in [-0.2, -0.15) is 0 Å². The van der Waals surface area contributed by atoms with Gasteiger partial charge in [0.2, 0.25) is 0 Å². The zero-order chi connectivity index (χ0) is 14.6. The van der Waals surface area contributed by atoms with Crippen molar-refractivity contribution in [1.29, 1.82) is 0 Å². The van der Waals surface area contributed by atoms with Crippen molar-refractivity contribution in [3.63, 3.8) is 0 Å². The Bertz CT molecular complexity index is 440. The molecule has 1 aromatic carbocycles. The molecule has 4 heteroatoms. The number of hydrogen-bond acceptors (Lipinski definition) is 2. The van der Waals surface area contributed by atoms with Crippen molar-refractivity contribution >= 4 is 11.7 Å². The zero-order valence-corrected chi connectivity index (χ0v) is 12.7. The molecule has 0 atom stereocenters.